The summed E-state index contributed by atoms with van der Waals surface area (Å²) in [6, 6.07) is 0. The number of esters is 2. The molecule has 1 saturated carbocycles. The number of fused-ring (bicyclic) bond motifs is 1. The Bertz CT molecular complexity index is 271. The van der Waals surface area contributed by atoms with Crippen LogP contribution in [0.1, 0.15) is 33.1 Å². The van der Waals surface area contributed by atoms with Crippen LogP contribution in [0.25, 0.3) is 0 Å². The van der Waals surface area contributed by atoms with Crippen LogP contribution >= 0.6 is 0 Å². The minimum Gasteiger partial charge on any atom is -0.393 e. The van der Waals surface area contributed by atoms with Gasteiger partial charge in [0.25, 0.3) is 0 Å². The summed E-state index contributed by atoms with van der Waals surface area (Å²) in [5.74, 6) is -0.897. The van der Waals surface area contributed by atoms with Gasteiger partial charge in [0.15, 0.2) is 0 Å². The first-order valence-electron chi connectivity index (χ1n) is 4.84. The van der Waals surface area contributed by atoms with Crippen LogP contribution in [0.15, 0.2) is 0 Å². The average molecular weight is 182 g/mol. The predicted molar refractivity (Wildman–Crippen MR) is 45.7 cm³/mol. The van der Waals surface area contributed by atoms with Crippen molar-refractivity contribution in [2.75, 3.05) is 0 Å². The van der Waals surface area contributed by atoms with Crippen LogP contribution in [0.2, 0.25) is 0 Å². The third-order valence-electron chi connectivity index (χ3n) is 3.75. The van der Waals surface area contributed by atoms with Gasteiger partial charge in [-0.05, 0) is 24.7 Å². The molecule has 72 valence electrons. The third-order valence-corrected chi connectivity index (χ3v) is 3.75. The molecule has 3 nitrogen and oxygen atoms in total. The molecule has 1 aliphatic heterocycles. The van der Waals surface area contributed by atoms with Gasteiger partial charge < -0.3 is 4.74 Å². The summed E-state index contributed by atoms with van der Waals surface area (Å²) in [6.45, 7) is 4.15. The molecule has 0 aromatic carbocycles. The van der Waals surface area contributed by atoms with Crippen molar-refractivity contribution in [2.24, 2.45) is 17.3 Å². The number of rotatable bonds is 1. The molecule has 2 aliphatic rings. The Morgan fingerprint density at radius 1 is 1.46 bits per heavy atom. The van der Waals surface area contributed by atoms with Gasteiger partial charge in [-0.3, -0.25) is 9.59 Å². The van der Waals surface area contributed by atoms with Crippen molar-refractivity contribution >= 4 is 11.9 Å². The van der Waals surface area contributed by atoms with Crippen molar-refractivity contribution in [2.45, 2.75) is 33.1 Å². The highest BCUT2D eigenvalue weighted by atomic mass is 16.6. The second kappa shape index (κ2) is 2.56. The van der Waals surface area contributed by atoms with Crippen LogP contribution < -0.4 is 0 Å². The van der Waals surface area contributed by atoms with Gasteiger partial charge in [0.2, 0.25) is 0 Å². The van der Waals surface area contributed by atoms with Gasteiger partial charge in [0.1, 0.15) is 0 Å². The second-order valence-corrected chi connectivity index (χ2v) is 4.37. The number of hydrogen-bond acceptors (Lipinski definition) is 3. The summed E-state index contributed by atoms with van der Waals surface area (Å²) in [4.78, 5) is 22.6. The zero-order chi connectivity index (χ0) is 9.64. The molecule has 0 aromatic heterocycles. The quantitative estimate of drug-likeness (QED) is 0.456. The Hall–Kier alpha value is -0.860. The molecule has 1 saturated heterocycles. The summed E-state index contributed by atoms with van der Waals surface area (Å²) in [6.07, 6.45) is 2.73. The monoisotopic (exact) mass is 182 g/mol. The Morgan fingerprint density at radius 3 is 2.77 bits per heavy atom. The maximum absolute atomic E-state index is 11.4. The highest BCUT2D eigenvalue weighted by molar-refractivity contribution is 5.97. The molecule has 0 bridgehead atoms. The molecule has 0 spiro atoms. The van der Waals surface area contributed by atoms with E-state index in [0.717, 1.165) is 19.3 Å². The minimum absolute atomic E-state index is 0.00604. The topological polar surface area (TPSA) is 43.4 Å². The molecule has 3 atom stereocenters. The molecule has 2 fully saturated rings. The van der Waals surface area contributed by atoms with Crippen LogP contribution in [-0.4, -0.2) is 11.9 Å². The van der Waals surface area contributed by atoms with E-state index in [0.29, 0.717) is 0 Å². The maximum atomic E-state index is 11.4. The van der Waals surface area contributed by atoms with E-state index < -0.39 is 0 Å². The van der Waals surface area contributed by atoms with Crippen molar-refractivity contribution in [3.05, 3.63) is 0 Å². The summed E-state index contributed by atoms with van der Waals surface area (Å²) in [7, 11) is 0. The van der Waals surface area contributed by atoms with Crippen LogP contribution in [0.5, 0.6) is 0 Å². The number of cyclic esters (lactones) is 2. The van der Waals surface area contributed by atoms with Gasteiger partial charge in [0, 0.05) is 0 Å². The SMILES string of the molecule is CCC1(C)CCC2C(=O)OC(=O)C21. The van der Waals surface area contributed by atoms with E-state index in [9.17, 15) is 9.59 Å². The Kier molecular flexibility index (Phi) is 1.72. The number of carbonyl (C=O) groups is 2. The summed E-state index contributed by atoms with van der Waals surface area (Å²) < 4.78 is 4.65. The lowest BCUT2D eigenvalue weighted by Crippen LogP contribution is -2.27. The highest BCUT2D eigenvalue weighted by Gasteiger charge is 2.57. The lowest BCUT2D eigenvalue weighted by Gasteiger charge is -2.26. The van der Waals surface area contributed by atoms with Gasteiger partial charge >= 0.3 is 11.9 Å². The first kappa shape index (κ1) is 8.73. The maximum Gasteiger partial charge on any atom is 0.318 e. The fourth-order valence-corrected chi connectivity index (χ4v) is 2.63. The highest BCUT2D eigenvalue weighted by Crippen LogP contribution is 2.52. The van der Waals surface area contributed by atoms with Crippen LogP contribution in [0.4, 0.5) is 0 Å². The predicted octanol–water partition coefficient (Wildman–Crippen LogP) is 1.51. The van der Waals surface area contributed by atoms with E-state index in [2.05, 4.69) is 18.6 Å². The fourth-order valence-electron chi connectivity index (χ4n) is 2.63. The first-order valence-corrected chi connectivity index (χ1v) is 4.84. The van der Waals surface area contributed by atoms with Gasteiger partial charge in [-0.15, -0.1) is 0 Å². The largest absolute Gasteiger partial charge is 0.393 e. The van der Waals surface area contributed by atoms with E-state index in [1.165, 1.54) is 0 Å². The summed E-state index contributed by atoms with van der Waals surface area (Å²) >= 11 is 0. The molecule has 0 aromatic rings. The molecular formula is C10H14O3. The number of ether oxygens (including phenoxy) is 1. The molecule has 0 amide bonds. The molecule has 0 radical (unpaired) electrons. The van der Waals surface area contributed by atoms with Crippen LogP contribution in [-0.2, 0) is 14.3 Å². The number of hydrogen-bond donors (Lipinski definition) is 0. The molecule has 13 heavy (non-hydrogen) atoms. The Balaban J connectivity index is 2.32. The smallest absolute Gasteiger partial charge is 0.318 e. The Morgan fingerprint density at radius 2 is 2.15 bits per heavy atom. The standard InChI is InChI=1S/C10H14O3/c1-3-10(2)5-4-6-7(10)9(12)13-8(6)11/h6-7H,3-5H2,1-2H3. The number of carbonyl (C=O) groups excluding carboxylic acids is 2. The van der Waals surface area contributed by atoms with Crippen molar-refractivity contribution in [1.29, 1.82) is 0 Å². The van der Waals surface area contributed by atoms with Gasteiger partial charge in [-0.1, -0.05) is 13.8 Å². The van der Waals surface area contributed by atoms with Gasteiger partial charge in [-0.2, -0.15) is 0 Å². The van der Waals surface area contributed by atoms with E-state index in [4.69, 9.17) is 0 Å². The van der Waals surface area contributed by atoms with E-state index in [-0.39, 0.29) is 29.2 Å². The van der Waals surface area contributed by atoms with Crippen molar-refractivity contribution in [3.63, 3.8) is 0 Å². The molecule has 0 N–H and O–H groups in total. The van der Waals surface area contributed by atoms with E-state index in [1.807, 2.05) is 0 Å². The van der Waals surface area contributed by atoms with Crippen molar-refractivity contribution in [1.82, 2.24) is 0 Å². The lowest BCUT2D eigenvalue weighted by atomic mass is 9.76. The van der Waals surface area contributed by atoms with Crippen LogP contribution in [0.3, 0.4) is 0 Å². The second-order valence-electron chi connectivity index (χ2n) is 4.37. The molecule has 3 unspecified atom stereocenters. The van der Waals surface area contributed by atoms with Crippen molar-refractivity contribution in [3.8, 4) is 0 Å². The average Bonchev–Trinajstić information content (AvgIpc) is 2.56. The lowest BCUT2D eigenvalue weighted by molar-refractivity contribution is -0.155. The normalized spacial score (nSPS) is 43.5. The molecular weight excluding hydrogens is 168 g/mol. The van der Waals surface area contributed by atoms with Gasteiger partial charge in [0.05, 0.1) is 11.8 Å². The zero-order valence-electron chi connectivity index (χ0n) is 8.00. The molecule has 1 aliphatic carbocycles. The fraction of sp³-hybridized carbons (Fsp3) is 0.800. The first-order chi connectivity index (χ1) is 6.08. The molecule has 3 heteroatoms. The zero-order valence-corrected chi connectivity index (χ0v) is 8.00. The summed E-state index contributed by atoms with van der Waals surface area (Å²) in [5.41, 5.74) is -0.00604. The third kappa shape index (κ3) is 1.02. The van der Waals surface area contributed by atoms with E-state index >= 15 is 0 Å². The minimum atomic E-state index is -0.299. The molecule has 2 rings (SSSR count). The molecule has 1 heterocycles. The summed E-state index contributed by atoms with van der Waals surface area (Å²) in [5, 5.41) is 0. The van der Waals surface area contributed by atoms with Gasteiger partial charge in [-0.25, -0.2) is 0 Å². The van der Waals surface area contributed by atoms with Crippen molar-refractivity contribution < 1.29 is 14.3 Å². The van der Waals surface area contributed by atoms with Crippen LogP contribution in [0, 0.1) is 17.3 Å². The Labute approximate surface area is 77.4 Å². The van der Waals surface area contributed by atoms with E-state index in [1.54, 1.807) is 0 Å².